The van der Waals surface area contributed by atoms with Crippen LogP contribution in [0.5, 0.6) is 0 Å². The van der Waals surface area contributed by atoms with Crippen molar-refractivity contribution in [3.63, 3.8) is 0 Å². The molecular formula is C28H20Cl2FN3O4S. The summed E-state index contributed by atoms with van der Waals surface area (Å²) in [6.45, 7) is -0.0139. The normalized spacial score (nSPS) is 15.7. The minimum absolute atomic E-state index is 0.0139. The highest BCUT2D eigenvalue weighted by Gasteiger charge is 2.38. The van der Waals surface area contributed by atoms with E-state index < -0.39 is 27.0 Å². The number of amides is 1. The van der Waals surface area contributed by atoms with E-state index in [9.17, 15) is 22.4 Å². The van der Waals surface area contributed by atoms with Gasteiger partial charge in [0.15, 0.2) is 5.78 Å². The van der Waals surface area contributed by atoms with Crippen molar-refractivity contribution in [2.75, 3.05) is 0 Å². The number of rotatable bonds is 6. The number of fused-ring (bicyclic) bond motifs is 2. The number of hydrogen-bond acceptors (Lipinski definition) is 5. The number of para-hydroxylation sites is 1. The first kappa shape index (κ1) is 25.7. The third-order valence-corrected chi connectivity index (χ3v) is 9.39. The Balaban J connectivity index is 1.60. The second-order valence-corrected chi connectivity index (χ2v) is 12.3. The molecule has 2 aromatic carbocycles. The van der Waals surface area contributed by atoms with Gasteiger partial charge < -0.3 is 4.57 Å². The number of pyridine rings is 1. The van der Waals surface area contributed by atoms with Crippen LogP contribution in [0.4, 0.5) is 4.39 Å². The number of allylic oxidation sites excluding steroid dienone is 4. The summed E-state index contributed by atoms with van der Waals surface area (Å²) in [5.74, 6) is -1.62. The Morgan fingerprint density at radius 1 is 1.15 bits per heavy atom. The summed E-state index contributed by atoms with van der Waals surface area (Å²) in [4.78, 5) is 31.0. The summed E-state index contributed by atoms with van der Waals surface area (Å²) in [7, 11) is -3.91. The van der Waals surface area contributed by atoms with E-state index in [4.69, 9.17) is 23.2 Å². The summed E-state index contributed by atoms with van der Waals surface area (Å²) in [5, 5.41) is 0.877. The minimum atomic E-state index is -3.91. The number of carbonyl (C=O) groups excluding carboxylic acids is 2. The highest BCUT2D eigenvalue weighted by Crippen LogP contribution is 2.38. The SMILES string of the molecule is O=C1CC=CC=C1c1c(C(=O)NS(=O)(=O)C2CC2)n(Cc2cnc3c(F)cccc3c2Cl)c2ccc(Cl)cc12. The second-order valence-electron chi connectivity index (χ2n) is 9.52. The Morgan fingerprint density at radius 3 is 2.69 bits per heavy atom. The van der Waals surface area contributed by atoms with Crippen LogP contribution in [0.2, 0.25) is 10.0 Å². The minimum Gasteiger partial charge on any atom is -0.331 e. The number of nitrogens with one attached hydrogen (secondary N) is 1. The zero-order valence-corrected chi connectivity index (χ0v) is 22.6. The van der Waals surface area contributed by atoms with Crippen molar-refractivity contribution in [1.29, 1.82) is 0 Å². The van der Waals surface area contributed by atoms with Crippen molar-refractivity contribution in [1.82, 2.24) is 14.3 Å². The molecule has 0 bridgehead atoms. The van der Waals surface area contributed by atoms with Gasteiger partial charge in [0.05, 0.1) is 16.8 Å². The van der Waals surface area contributed by atoms with Crippen LogP contribution in [0.15, 0.2) is 60.8 Å². The van der Waals surface area contributed by atoms with Gasteiger partial charge in [0.25, 0.3) is 5.91 Å². The number of carbonyl (C=O) groups is 2. The lowest BCUT2D eigenvalue weighted by Gasteiger charge is -2.15. The summed E-state index contributed by atoms with van der Waals surface area (Å²) >= 11 is 13.0. The molecule has 0 unspecified atom stereocenters. The highest BCUT2D eigenvalue weighted by molar-refractivity contribution is 7.91. The van der Waals surface area contributed by atoms with Gasteiger partial charge >= 0.3 is 0 Å². The largest absolute Gasteiger partial charge is 0.331 e. The van der Waals surface area contributed by atoms with Crippen LogP contribution in [0.25, 0.3) is 27.4 Å². The Hall–Kier alpha value is -3.53. The van der Waals surface area contributed by atoms with Crippen molar-refractivity contribution in [2.24, 2.45) is 0 Å². The molecule has 2 heterocycles. The van der Waals surface area contributed by atoms with E-state index in [1.807, 2.05) is 0 Å². The Morgan fingerprint density at radius 2 is 1.95 bits per heavy atom. The second kappa shape index (κ2) is 9.59. The van der Waals surface area contributed by atoms with Gasteiger partial charge in [-0.05, 0) is 37.1 Å². The number of Topliss-reactive ketones (excluding diaryl/α,β-unsaturated/α-hetero) is 1. The zero-order chi connectivity index (χ0) is 27.5. The molecule has 0 aliphatic heterocycles. The molecule has 0 atom stereocenters. The molecule has 1 saturated carbocycles. The van der Waals surface area contributed by atoms with Crippen LogP contribution in [0, 0.1) is 5.82 Å². The molecule has 4 aromatic rings. The zero-order valence-electron chi connectivity index (χ0n) is 20.2. The van der Waals surface area contributed by atoms with Crippen molar-refractivity contribution in [2.45, 2.75) is 31.1 Å². The first-order valence-electron chi connectivity index (χ1n) is 12.2. The quantitative estimate of drug-likeness (QED) is 0.308. The lowest BCUT2D eigenvalue weighted by atomic mass is 9.93. The molecule has 0 saturated heterocycles. The van der Waals surface area contributed by atoms with Crippen molar-refractivity contribution < 1.29 is 22.4 Å². The third kappa shape index (κ3) is 4.54. The van der Waals surface area contributed by atoms with Crippen molar-refractivity contribution in [3.8, 4) is 0 Å². The fourth-order valence-corrected chi connectivity index (χ4v) is 6.59. The van der Waals surface area contributed by atoms with Gasteiger partial charge in [-0.2, -0.15) is 0 Å². The summed E-state index contributed by atoms with van der Waals surface area (Å²) in [6, 6.07) is 9.42. The summed E-state index contributed by atoms with van der Waals surface area (Å²) < 4.78 is 43.7. The van der Waals surface area contributed by atoms with Gasteiger partial charge in [-0.15, -0.1) is 0 Å². The van der Waals surface area contributed by atoms with E-state index in [0.717, 1.165) is 0 Å². The molecule has 11 heteroatoms. The molecule has 2 aliphatic rings. The first-order valence-corrected chi connectivity index (χ1v) is 14.5. The predicted octanol–water partition coefficient (Wildman–Crippen LogP) is 5.82. The fourth-order valence-electron chi connectivity index (χ4n) is 4.88. The molecule has 2 aromatic heterocycles. The fraction of sp³-hybridized carbons (Fsp3) is 0.179. The Bertz CT molecular complexity index is 1890. The first-order chi connectivity index (χ1) is 18.7. The van der Waals surface area contributed by atoms with E-state index in [0.29, 0.717) is 39.7 Å². The van der Waals surface area contributed by atoms with Gasteiger partial charge in [-0.1, -0.05) is 53.6 Å². The van der Waals surface area contributed by atoms with E-state index in [2.05, 4.69) is 9.71 Å². The van der Waals surface area contributed by atoms with E-state index >= 15 is 0 Å². The molecule has 6 rings (SSSR count). The third-order valence-electron chi connectivity index (χ3n) is 6.89. The summed E-state index contributed by atoms with van der Waals surface area (Å²) in [6.07, 6.45) is 7.51. The average Bonchev–Trinajstić information content (AvgIpc) is 3.71. The molecule has 0 radical (unpaired) electrons. The number of ketones is 1. The monoisotopic (exact) mass is 583 g/mol. The highest BCUT2D eigenvalue weighted by atomic mass is 35.5. The van der Waals surface area contributed by atoms with Gasteiger partial charge in [-0.3, -0.25) is 14.6 Å². The summed E-state index contributed by atoms with van der Waals surface area (Å²) in [5.41, 5.74) is 1.62. The van der Waals surface area contributed by atoms with Gasteiger partial charge in [-0.25, -0.2) is 17.5 Å². The smallest absolute Gasteiger partial charge is 0.282 e. The molecule has 1 N–H and O–H groups in total. The number of hydrogen-bond donors (Lipinski definition) is 1. The van der Waals surface area contributed by atoms with E-state index in [1.165, 1.54) is 18.3 Å². The maximum absolute atomic E-state index is 14.3. The molecule has 7 nitrogen and oxygen atoms in total. The van der Waals surface area contributed by atoms with E-state index in [-0.39, 0.29) is 46.1 Å². The average molecular weight is 584 g/mol. The molecule has 1 amide bonds. The number of benzene rings is 2. The number of sulfonamides is 1. The molecule has 0 spiro atoms. The van der Waals surface area contributed by atoms with Gasteiger partial charge in [0, 0.05) is 50.6 Å². The molecule has 198 valence electrons. The lowest BCUT2D eigenvalue weighted by Crippen LogP contribution is -2.35. The van der Waals surface area contributed by atoms with E-state index in [1.54, 1.807) is 47.1 Å². The van der Waals surface area contributed by atoms with Crippen molar-refractivity contribution in [3.05, 3.63) is 93.5 Å². The standard InChI is InChI=1S/C28H20Cl2FN3O4S/c29-16-8-11-22-20(12-16)24(18-4-1-2-7-23(18)35)27(28(36)33-39(37,38)17-9-10-17)34(22)14-15-13-32-26-19(25(15)30)5-3-6-21(26)31/h1-6,8,11-13,17H,7,9-10,14H2,(H,33,36). The number of halogens is 3. The van der Waals surface area contributed by atoms with Gasteiger partial charge in [0.1, 0.15) is 17.0 Å². The topological polar surface area (TPSA) is 98.1 Å². The maximum Gasteiger partial charge on any atom is 0.282 e. The van der Waals surface area contributed by atoms with Crippen LogP contribution < -0.4 is 4.72 Å². The maximum atomic E-state index is 14.3. The lowest BCUT2D eigenvalue weighted by molar-refractivity contribution is -0.113. The molecular weight excluding hydrogens is 564 g/mol. The van der Waals surface area contributed by atoms with Gasteiger partial charge in [0.2, 0.25) is 10.0 Å². The van der Waals surface area contributed by atoms with Crippen LogP contribution >= 0.6 is 23.2 Å². The number of nitrogens with zero attached hydrogens (tertiary/aromatic N) is 2. The Labute approximate surface area is 233 Å². The molecule has 39 heavy (non-hydrogen) atoms. The number of aromatic nitrogens is 2. The molecule has 1 fully saturated rings. The predicted molar refractivity (Wildman–Crippen MR) is 149 cm³/mol. The van der Waals surface area contributed by atoms with Crippen LogP contribution in [-0.2, 0) is 21.4 Å². The Kier molecular flexibility index (Phi) is 6.32. The van der Waals surface area contributed by atoms with Crippen LogP contribution in [-0.4, -0.2) is 34.9 Å². The molecule has 2 aliphatic carbocycles. The van der Waals surface area contributed by atoms with Crippen LogP contribution in [0.3, 0.4) is 0 Å². The van der Waals surface area contributed by atoms with Crippen molar-refractivity contribution >= 4 is 72.3 Å². The van der Waals surface area contributed by atoms with Crippen LogP contribution in [0.1, 0.15) is 40.9 Å².